The molecule has 0 spiro atoms. The van der Waals surface area contributed by atoms with Gasteiger partial charge in [-0.25, -0.2) is 4.90 Å². The van der Waals surface area contributed by atoms with Crippen molar-refractivity contribution in [3.05, 3.63) is 42.5 Å². The first-order chi connectivity index (χ1) is 13.6. The van der Waals surface area contributed by atoms with Crippen LogP contribution >= 0.6 is 0 Å². The van der Waals surface area contributed by atoms with E-state index in [9.17, 15) is 14.4 Å². The van der Waals surface area contributed by atoms with Crippen molar-refractivity contribution in [1.29, 1.82) is 0 Å². The summed E-state index contributed by atoms with van der Waals surface area (Å²) in [6, 6.07) is 13.0. The summed E-state index contributed by atoms with van der Waals surface area (Å²) in [6.45, 7) is 3.32. The molecule has 0 N–H and O–H groups in total. The Hall–Kier alpha value is -2.73. The van der Waals surface area contributed by atoms with Crippen molar-refractivity contribution in [1.82, 2.24) is 4.90 Å². The number of piperidine rings is 1. The largest absolute Gasteiger partial charge is 0.466 e. The van der Waals surface area contributed by atoms with Crippen LogP contribution in [0.4, 0.5) is 5.69 Å². The molecular formula is C22H24N2O4. The highest BCUT2D eigenvalue weighted by atomic mass is 16.5. The Morgan fingerprint density at radius 1 is 1.14 bits per heavy atom. The molecule has 4 rings (SSSR count). The van der Waals surface area contributed by atoms with Crippen molar-refractivity contribution >= 4 is 34.2 Å². The number of hydrogen-bond acceptors (Lipinski definition) is 5. The Morgan fingerprint density at radius 3 is 2.71 bits per heavy atom. The molecule has 2 aromatic carbocycles. The maximum Gasteiger partial charge on any atom is 0.310 e. The number of nitrogens with zero attached hydrogens (tertiary/aromatic N) is 2. The number of amides is 2. The molecule has 0 unspecified atom stereocenters. The Balaban J connectivity index is 1.54. The number of ether oxygens (including phenoxy) is 1. The first kappa shape index (κ1) is 18.6. The van der Waals surface area contributed by atoms with Gasteiger partial charge >= 0.3 is 5.97 Å². The molecular weight excluding hydrogens is 356 g/mol. The zero-order chi connectivity index (χ0) is 19.7. The van der Waals surface area contributed by atoms with Crippen molar-refractivity contribution < 1.29 is 19.1 Å². The van der Waals surface area contributed by atoms with E-state index in [2.05, 4.69) is 0 Å². The molecule has 2 aromatic rings. The van der Waals surface area contributed by atoms with Crippen molar-refractivity contribution in [2.45, 2.75) is 32.2 Å². The Labute approximate surface area is 164 Å². The quantitative estimate of drug-likeness (QED) is 0.603. The van der Waals surface area contributed by atoms with Crippen molar-refractivity contribution in [2.75, 3.05) is 24.6 Å². The summed E-state index contributed by atoms with van der Waals surface area (Å²) < 4.78 is 5.14. The van der Waals surface area contributed by atoms with Gasteiger partial charge in [0, 0.05) is 6.54 Å². The standard InChI is InChI=1S/C22H24N2O4/c1-2-28-22(27)17-8-5-11-23(14-17)19-13-20(25)24(21(19)26)18-10-9-15-6-3-4-7-16(15)12-18/h3-4,6-7,9-10,12,17,19H,2,5,8,11,13-14H2,1H3/t17-,19+/m0/s1. The van der Waals surface area contributed by atoms with Gasteiger partial charge < -0.3 is 4.74 Å². The minimum atomic E-state index is -0.504. The van der Waals surface area contributed by atoms with E-state index in [4.69, 9.17) is 4.74 Å². The molecule has 0 bridgehead atoms. The van der Waals surface area contributed by atoms with Crippen LogP contribution < -0.4 is 4.90 Å². The van der Waals surface area contributed by atoms with E-state index in [1.54, 1.807) is 6.92 Å². The van der Waals surface area contributed by atoms with Gasteiger partial charge in [0.2, 0.25) is 5.91 Å². The Morgan fingerprint density at radius 2 is 1.93 bits per heavy atom. The summed E-state index contributed by atoms with van der Waals surface area (Å²) in [7, 11) is 0. The zero-order valence-corrected chi connectivity index (χ0v) is 16.0. The highest BCUT2D eigenvalue weighted by Gasteiger charge is 2.44. The smallest absolute Gasteiger partial charge is 0.310 e. The molecule has 2 saturated heterocycles. The number of carbonyl (C=O) groups excluding carboxylic acids is 3. The average molecular weight is 380 g/mol. The number of imide groups is 1. The highest BCUT2D eigenvalue weighted by Crippen LogP contribution is 2.30. The normalized spacial score (nSPS) is 23.4. The van der Waals surface area contributed by atoms with E-state index < -0.39 is 6.04 Å². The van der Waals surface area contributed by atoms with Crippen molar-refractivity contribution in [3.8, 4) is 0 Å². The lowest BCUT2D eigenvalue weighted by atomic mass is 9.96. The van der Waals surface area contributed by atoms with Gasteiger partial charge in [-0.05, 0) is 49.2 Å². The fourth-order valence-electron chi connectivity index (χ4n) is 4.23. The van der Waals surface area contributed by atoms with E-state index in [0.717, 1.165) is 23.6 Å². The molecule has 0 saturated carbocycles. The monoisotopic (exact) mass is 380 g/mol. The minimum Gasteiger partial charge on any atom is -0.466 e. The van der Waals surface area contributed by atoms with Crippen LogP contribution in [0.15, 0.2) is 42.5 Å². The van der Waals surface area contributed by atoms with Crippen LogP contribution in [0.3, 0.4) is 0 Å². The van der Waals surface area contributed by atoms with Gasteiger partial charge in [0.25, 0.3) is 5.91 Å². The van der Waals surface area contributed by atoms with Gasteiger partial charge in [-0.15, -0.1) is 0 Å². The molecule has 146 valence electrons. The number of rotatable bonds is 4. The van der Waals surface area contributed by atoms with E-state index in [0.29, 0.717) is 25.4 Å². The van der Waals surface area contributed by atoms with E-state index >= 15 is 0 Å². The van der Waals surface area contributed by atoms with Gasteiger partial charge in [0.1, 0.15) is 0 Å². The lowest BCUT2D eigenvalue weighted by Crippen LogP contribution is -2.48. The predicted octanol–water partition coefficient (Wildman–Crippen LogP) is 2.75. The zero-order valence-electron chi connectivity index (χ0n) is 16.0. The molecule has 2 aliphatic heterocycles. The van der Waals surface area contributed by atoms with Crippen LogP contribution in [0.5, 0.6) is 0 Å². The third-order valence-corrected chi connectivity index (χ3v) is 5.63. The van der Waals surface area contributed by atoms with Crippen LogP contribution in [0, 0.1) is 5.92 Å². The van der Waals surface area contributed by atoms with Crippen LogP contribution in [-0.4, -0.2) is 48.4 Å². The van der Waals surface area contributed by atoms with Crippen molar-refractivity contribution in [2.24, 2.45) is 5.92 Å². The fraction of sp³-hybridized carbons (Fsp3) is 0.409. The third kappa shape index (κ3) is 3.40. The minimum absolute atomic E-state index is 0.154. The highest BCUT2D eigenvalue weighted by molar-refractivity contribution is 6.22. The molecule has 6 nitrogen and oxygen atoms in total. The van der Waals surface area contributed by atoms with E-state index in [-0.39, 0.29) is 30.1 Å². The second kappa shape index (κ2) is 7.72. The van der Waals surface area contributed by atoms with Gasteiger partial charge in [0.15, 0.2) is 0 Å². The molecule has 2 aliphatic rings. The number of likely N-dealkylation sites (tertiary alicyclic amines) is 1. The van der Waals surface area contributed by atoms with Crippen LogP contribution in [-0.2, 0) is 19.1 Å². The molecule has 0 aromatic heterocycles. The fourth-order valence-corrected chi connectivity index (χ4v) is 4.23. The van der Waals surface area contributed by atoms with Crippen molar-refractivity contribution in [3.63, 3.8) is 0 Å². The van der Waals surface area contributed by atoms with Gasteiger partial charge in [-0.2, -0.15) is 0 Å². The SMILES string of the molecule is CCOC(=O)[C@H]1CCCN([C@@H]2CC(=O)N(c3ccc4ccccc4c3)C2=O)C1. The summed E-state index contributed by atoms with van der Waals surface area (Å²) in [5, 5.41) is 2.06. The second-order valence-corrected chi connectivity index (χ2v) is 7.40. The van der Waals surface area contributed by atoms with Gasteiger partial charge in [0.05, 0.1) is 30.7 Å². The molecule has 2 atom stereocenters. The topological polar surface area (TPSA) is 66.9 Å². The van der Waals surface area contributed by atoms with E-state index in [1.807, 2.05) is 47.4 Å². The molecule has 2 amide bonds. The number of carbonyl (C=O) groups is 3. The maximum absolute atomic E-state index is 13.1. The van der Waals surface area contributed by atoms with Crippen LogP contribution in [0.1, 0.15) is 26.2 Å². The number of anilines is 1. The van der Waals surface area contributed by atoms with Crippen LogP contribution in [0.25, 0.3) is 10.8 Å². The van der Waals surface area contributed by atoms with E-state index in [1.165, 1.54) is 4.90 Å². The van der Waals surface area contributed by atoms with Crippen LogP contribution in [0.2, 0.25) is 0 Å². The lowest BCUT2D eigenvalue weighted by Gasteiger charge is -2.34. The number of hydrogen-bond donors (Lipinski definition) is 0. The molecule has 0 aliphatic carbocycles. The first-order valence-electron chi connectivity index (χ1n) is 9.84. The number of fused-ring (bicyclic) bond motifs is 1. The molecule has 2 heterocycles. The molecule has 2 fully saturated rings. The lowest BCUT2D eigenvalue weighted by molar-refractivity contribution is -0.150. The summed E-state index contributed by atoms with van der Waals surface area (Å²) in [5.74, 6) is -0.838. The molecule has 28 heavy (non-hydrogen) atoms. The predicted molar refractivity (Wildman–Crippen MR) is 106 cm³/mol. The summed E-state index contributed by atoms with van der Waals surface area (Å²) in [6.07, 6.45) is 1.73. The number of benzene rings is 2. The second-order valence-electron chi connectivity index (χ2n) is 7.40. The third-order valence-electron chi connectivity index (χ3n) is 5.63. The first-order valence-corrected chi connectivity index (χ1v) is 9.84. The summed E-state index contributed by atoms with van der Waals surface area (Å²) in [5.41, 5.74) is 0.607. The summed E-state index contributed by atoms with van der Waals surface area (Å²) >= 11 is 0. The Bertz CT molecular complexity index is 926. The van der Waals surface area contributed by atoms with Gasteiger partial charge in [-0.1, -0.05) is 30.3 Å². The molecule has 6 heteroatoms. The summed E-state index contributed by atoms with van der Waals surface area (Å²) in [4.78, 5) is 41.2. The number of esters is 1. The molecule has 0 radical (unpaired) electrons. The maximum atomic E-state index is 13.1. The van der Waals surface area contributed by atoms with Gasteiger partial charge in [-0.3, -0.25) is 19.3 Å². The Kier molecular flexibility index (Phi) is 5.13. The average Bonchev–Trinajstić information content (AvgIpc) is 3.02.